The molecule has 5 heteroatoms. The standard InChI is InChI=1S/C12H22N4O/c1-4-11-9(6-7-17-11)12(13-3)10-8-14-15-16(10)5-2/h8-9,11-13H,4-7H2,1-3H3. The van der Waals surface area contributed by atoms with Gasteiger partial charge in [0.2, 0.25) is 0 Å². The molecular formula is C12H22N4O. The van der Waals surface area contributed by atoms with Crippen LogP contribution in [0.25, 0.3) is 0 Å². The molecule has 0 amide bonds. The number of nitrogens with one attached hydrogen (secondary N) is 1. The number of hydrogen-bond donors (Lipinski definition) is 1. The fourth-order valence-corrected chi connectivity index (χ4v) is 2.80. The van der Waals surface area contributed by atoms with Crippen molar-refractivity contribution in [3.63, 3.8) is 0 Å². The Labute approximate surface area is 103 Å². The van der Waals surface area contributed by atoms with Crippen LogP contribution in [-0.2, 0) is 11.3 Å². The Morgan fingerprint density at radius 2 is 2.41 bits per heavy atom. The molecule has 1 aromatic rings. The van der Waals surface area contributed by atoms with Crippen LogP contribution in [0.15, 0.2) is 6.20 Å². The van der Waals surface area contributed by atoms with Crippen LogP contribution in [0.2, 0.25) is 0 Å². The predicted molar refractivity (Wildman–Crippen MR) is 65.6 cm³/mol. The van der Waals surface area contributed by atoms with Crippen molar-refractivity contribution >= 4 is 0 Å². The van der Waals surface area contributed by atoms with Gasteiger partial charge >= 0.3 is 0 Å². The molecule has 3 unspecified atom stereocenters. The number of rotatable bonds is 5. The molecule has 5 nitrogen and oxygen atoms in total. The summed E-state index contributed by atoms with van der Waals surface area (Å²) in [5.74, 6) is 0.522. The smallest absolute Gasteiger partial charge is 0.0760 e. The van der Waals surface area contributed by atoms with Gasteiger partial charge in [-0.05, 0) is 26.8 Å². The lowest BCUT2D eigenvalue weighted by atomic mass is 9.89. The number of hydrogen-bond acceptors (Lipinski definition) is 4. The van der Waals surface area contributed by atoms with Crippen molar-refractivity contribution < 1.29 is 4.74 Å². The van der Waals surface area contributed by atoms with E-state index in [1.807, 2.05) is 17.9 Å². The normalized spacial score (nSPS) is 26.3. The van der Waals surface area contributed by atoms with Gasteiger partial charge in [-0.2, -0.15) is 0 Å². The molecule has 1 aliphatic heterocycles. The highest BCUT2D eigenvalue weighted by atomic mass is 16.5. The van der Waals surface area contributed by atoms with E-state index in [2.05, 4.69) is 29.5 Å². The van der Waals surface area contributed by atoms with E-state index in [0.717, 1.165) is 26.0 Å². The van der Waals surface area contributed by atoms with Crippen LogP contribution in [0.5, 0.6) is 0 Å². The van der Waals surface area contributed by atoms with E-state index in [4.69, 9.17) is 4.74 Å². The van der Waals surface area contributed by atoms with Crippen LogP contribution in [0.1, 0.15) is 38.4 Å². The maximum absolute atomic E-state index is 5.78. The summed E-state index contributed by atoms with van der Waals surface area (Å²) in [4.78, 5) is 0. The average Bonchev–Trinajstić information content (AvgIpc) is 2.98. The van der Waals surface area contributed by atoms with Gasteiger partial charge < -0.3 is 10.1 Å². The molecule has 2 heterocycles. The first-order chi connectivity index (χ1) is 8.31. The number of nitrogens with zero attached hydrogens (tertiary/aromatic N) is 3. The summed E-state index contributed by atoms with van der Waals surface area (Å²) >= 11 is 0. The van der Waals surface area contributed by atoms with Crippen molar-refractivity contribution in [3.05, 3.63) is 11.9 Å². The fourth-order valence-electron chi connectivity index (χ4n) is 2.80. The molecule has 2 rings (SSSR count). The zero-order valence-electron chi connectivity index (χ0n) is 10.9. The van der Waals surface area contributed by atoms with E-state index in [1.165, 1.54) is 5.69 Å². The van der Waals surface area contributed by atoms with Crippen LogP contribution in [0, 0.1) is 5.92 Å². The van der Waals surface area contributed by atoms with Crippen LogP contribution >= 0.6 is 0 Å². The lowest BCUT2D eigenvalue weighted by molar-refractivity contribution is 0.0773. The molecule has 0 saturated carbocycles. The summed E-state index contributed by atoms with van der Waals surface area (Å²) in [7, 11) is 2.00. The molecular weight excluding hydrogens is 216 g/mol. The molecule has 1 N–H and O–H groups in total. The maximum atomic E-state index is 5.78. The van der Waals surface area contributed by atoms with E-state index in [1.54, 1.807) is 0 Å². The zero-order valence-corrected chi connectivity index (χ0v) is 10.9. The van der Waals surface area contributed by atoms with Crippen molar-refractivity contribution in [2.45, 2.75) is 45.4 Å². The Morgan fingerprint density at radius 1 is 1.59 bits per heavy atom. The highest BCUT2D eigenvalue weighted by Gasteiger charge is 2.35. The fraction of sp³-hybridized carbons (Fsp3) is 0.833. The molecule has 1 saturated heterocycles. The molecule has 3 atom stereocenters. The summed E-state index contributed by atoms with van der Waals surface area (Å²) < 4.78 is 7.74. The van der Waals surface area contributed by atoms with Gasteiger partial charge in [0.25, 0.3) is 0 Å². The Morgan fingerprint density at radius 3 is 3.06 bits per heavy atom. The third kappa shape index (κ3) is 2.35. The third-order valence-corrected chi connectivity index (χ3v) is 3.67. The van der Waals surface area contributed by atoms with Crippen molar-refractivity contribution in [2.75, 3.05) is 13.7 Å². The van der Waals surface area contributed by atoms with Gasteiger partial charge in [0.15, 0.2) is 0 Å². The van der Waals surface area contributed by atoms with E-state index >= 15 is 0 Å². The summed E-state index contributed by atoms with van der Waals surface area (Å²) in [5, 5.41) is 11.5. The van der Waals surface area contributed by atoms with Gasteiger partial charge in [0, 0.05) is 19.1 Å². The molecule has 0 bridgehead atoms. The minimum Gasteiger partial charge on any atom is -0.378 e. The number of aromatic nitrogens is 3. The Kier molecular flexibility index (Phi) is 4.12. The highest BCUT2D eigenvalue weighted by molar-refractivity contribution is 5.06. The van der Waals surface area contributed by atoms with Crippen molar-refractivity contribution in [2.24, 2.45) is 5.92 Å². The van der Waals surface area contributed by atoms with Gasteiger partial charge in [0.1, 0.15) is 0 Å². The molecule has 1 aromatic heterocycles. The van der Waals surface area contributed by atoms with Crippen LogP contribution in [-0.4, -0.2) is 34.8 Å². The lowest BCUT2D eigenvalue weighted by Crippen LogP contribution is -2.32. The Bertz CT molecular complexity index is 352. The second-order valence-electron chi connectivity index (χ2n) is 4.51. The van der Waals surface area contributed by atoms with Gasteiger partial charge in [-0.15, -0.1) is 5.10 Å². The average molecular weight is 238 g/mol. The Hall–Kier alpha value is -0.940. The summed E-state index contributed by atoms with van der Waals surface area (Å²) in [6.45, 7) is 6.01. The van der Waals surface area contributed by atoms with E-state index in [0.29, 0.717) is 12.0 Å². The van der Waals surface area contributed by atoms with Crippen LogP contribution in [0.3, 0.4) is 0 Å². The quantitative estimate of drug-likeness (QED) is 0.842. The monoisotopic (exact) mass is 238 g/mol. The zero-order chi connectivity index (χ0) is 12.3. The third-order valence-electron chi connectivity index (χ3n) is 3.67. The first-order valence-electron chi connectivity index (χ1n) is 6.49. The SMILES string of the molecule is CCC1OCCC1C(NC)c1cnnn1CC. The second-order valence-corrected chi connectivity index (χ2v) is 4.51. The highest BCUT2D eigenvalue weighted by Crippen LogP contribution is 2.34. The Balaban J connectivity index is 2.21. The maximum Gasteiger partial charge on any atom is 0.0760 e. The molecule has 1 fully saturated rings. The molecule has 0 aromatic carbocycles. The second kappa shape index (κ2) is 5.60. The van der Waals surface area contributed by atoms with E-state index in [9.17, 15) is 0 Å². The van der Waals surface area contributed by atoms with E-state index in [-0.39, 0.29) is 6.04 Å². The molecule has 0 aliphatic carbocycles. The summed E-state index contributed by atoms with van der Waals surface area (Å²) in [6.07, 6.45) is 4.40. The van der Waals surface area contributed by atoms with Crippen molar-refractivity contribution in [1.82, 2.24) is 20.3 Å². The van der Waals surface area contributed by atoms with Crippen molar-refractivity contribution in [1.29, 1.82) is 0 Å². The molecule has 1 aliphatic rings. The molecule has 17 heavy (non-hydrogen) atoms. The first-order valence-corrected chi connectivity index (χ1v) is 6.49. The largest absolute Gasteiger partial charge is 0.378 e. The van der Waals surface area contributed by atoms with Crippen LogP contribution < -0.4 is 5.32 Å². The molecule has 0 spiro atoms. The minimum absolute atomic E-state index is 0.289. The lowest BCUT2D eigenvalue weighted by Gasteiger charge is -2.26. The van der Waals surface area contributed by atoms with Crippen molar-refractivity contribution in [3.8, 4) is 0 Å². The van der Waals surface area contributed by atoms with E-state index < -0.39 is 0 Å². The van der Waals surface area contributed by atoms with Gasteiger partial charge in [-0.3, -0.25) is 0 Å². The molecule has 0 radical (unpaired) electrons. The van der Waals surface area contributed by atoms with Crippen LogP contribution in [0.4, 0.5) is 0 Å². The van der Waals surface area contributed by atoms with Gasteiger partial charge in [-0.1, -0.05) is 12.1 Å². The molecule has 96 valence electrons. The minimum atomic E-state index is 0.289. The number of aryl methyl sites for hydroxylation is 1. The summed E-state index contributed by atoms with van der Waals surface area (Å²) in [6, 6.07) is 0.289. The van der Waals surface area contributed by atoms with Gasteiger partial charge in [-0.25, -0.2) is 4.68 Å². The topological polar surface area (TPSA) is 52.0 Å². The predicted octanol–water partition coefficient (Wildman–Crippen LogP) is 1.37. The summed E-state index contributed by atoms with van der Waals surface area (Å²) in [5.41, 5.74) is 1.17. The first kappa shape index (κ1) is 12.5. The van der Waals surface area contributed by atoms with Gasteiger partial charge in [0.05, 0.1) is 24.0 Å². The number of ether oxygens (including phenoxy) is 1.